The molecule has 1 amide bonds. The fraction of sp³-hybridized carbons (Fsp3) is 0.375. The van der Waals surface area contributed by atoms with Crippen LogP contribution in [0.5, 0.6) is 5.75 Å². The van der Waals surface area contributed by atoms with Gasteiger partial charge in [-0.1, -0.05) is 12.1 Å². The number of hydrogen-bond acceptors (Lipinski definition) is 6. The van der Waals surface area contributed by atoms with E-state index in [-0.39, 0.29) is 36.7 Å². The molecule has 1 aromatic carbocycles. The molecule has 0 saturated carbocycles. The lowest BCUT2D eigenvalue weighted by Crippen LogP contribution is -2.40. The van der Waals surface area contributed by atoms with Crippen molar-refractivity contribution < 1.29 is 15.0 Å². The van der Waals surface area contributed by atoms with Gasteiger partial charge in [-0.15, -0.1) is 23.7 Å². The van der Waals surface area contributed by atoms with Crippen molar-refractivity contribution >= 4 is 29.7 Å². The van der Waals surface area contributed by atoms with Crippen molar-refractivity contribution in [3.05, 3.63) is 35.0 Å². The number of nitrogens with one attached hydrogen (secondary N) is 2. The SMILES string of the molecule is Cc1ncsc1-c1ccc(CNC(=O)C2CC(O)CN2)c(O)c1.Cl. The summed E-state index contributed by atoms with van der Waals surface area (Å²) in [5, 5.41) is 25.4. The second-order valence-electron chi connectivity index (χ2n) is 5.68. The van der Waals surface area contributed by atoms with Crippen molar-refractivity contribution in [2.24, 2.45) is 0 Å². The zero-order valence-electron chi connectivity index (χ0n) is 13.2. The smallest absolute Gasteiger partial charge is 0.237 e. The number of halogens is 1. The van der Waals surface area contributed by atoms with Gasteiger partial charge in [0, 0.05) is 18.7 Å². The summed E-state index contributed by atoms with van der Waals surface area (Å²) in [6, 6.07) is 5.05. The molecule has 1 aliphatic rings. The summed E-state index contributed by atoms with van der Waals surface area (Å²) < 4.78 is 0. The average Bonchev–Trinajstić information content (AvgIpc) is 3.14. The van der Waals surface area contributed by atoms with Crippen LogP contribution < -0.4 is 10.6 Å². The molecule has 4 N–H and O–H groups in total. The Bertz CT molecular complexity index is 722. The van der Waals surface area contributed by atoms with Crippen LogP contribution in [-0.4, -0.2) is 39.8 Å². The summed E-state index contributed by atoms with van der Waals surface area (Å²) in [6.07, 6.45) is -0.0532. The predicted molar refractivity (Wildman–Crippen MR) is 95.5 cm³/mol. The Morgan fingerprint density at radius 3 is 2.88 bits per heavy atom. The van der Waals surface area contributed by atoms with Gasteiger partial charge in [0.1, 0.15) is 5.75 Å². The molecule has 1 aromatic heterocycles. The number of thiazole rings is 1. The normalized spacial score (nSPS) is 19.8. The van der Waals surface area contributed by atoms with Crippen LogP contribution in [0, 0.1) is 6.92 Å². The topological polar surface area (TPSA) is 94.5 Å². The summed E-state index contributed by atoms with van der Waals surface area (Å²) >= 11 is 1.53. The molecule has 2 aromatic rings. The second-order valence-corrected chi connectivity index (χ2v) is 6.53. The molecule has 0 spiro atoms. The number of aliphatic hydroxyl groups is 1. The number of aromatic nitrogens is 1. The van der Waals surface area contributed by atoms with E-state index >= 15 is 0 Å². The van der Waals surface area contributed by atoms with Gasteiger partial charge in [0.15, 0.2) is 0 Å². The Morgan fingerprint density at radius 2 is 2.29 bits per heavy atom. The van der Waals surface area contributed by atoms with E-state index in [2.05, 4.69) is 15.6 Å². The van der Waals surface area contributed by atoms with E-state index < -0.39 is 6.10 Å². The first-order chi connectivity index (χ1) is 11.0. The van der Waals surface area contributed by atoms with Crippen molar-refractivity contribution in [1.82, 2.24) is 15.6 Å². The number of rotatable bonds is 4. The number of phenolic OH excluding ortho intramolecular Hbond substituents is 1. The molecule has 130 valence electrons. The summed E-state index contributed by atoms with van der Waals surface area (Å²) in [6.45, 7) is 2.62. The van der Waals surface area contributed by atoms with Crippen molar-refractivity contribution in [2.75, 3.05) is 6.54 Å². The van der Waals surface area contributed by atoms with Gasteiger partial charge in [-0.3, -0.25) is 4.79 Å². The Labute approximate surface area is 150 Å². The van der Waals surface area contributed by atoms with E-state index in [1.807, 2.05) is 13.0 Å². The molecular weight excluding hydrogens is 350 g/mol. The Hall–Kier alpha value is -1.67. The summed E-state index contributed by atoms with van der Waals surface area (Å²) in [4.78, 5) is 17.2. The Morgan fingerprint density at radius 1 is 1.50 bits per heavy atom. The number of aliphatic hydroxyl groups excluding tert-OH is 1. The minimum atomic E-state index is -0.471. The maximum Gasteiger partial charge on any atom is 0.237 e. The molecule has 24 heavy (non-hydrogen) atoms. The minimum Gasteiger partial charge on any atom is -0.508 e. The summed E-state index contributed by atoms with van der Waals surface area (Å²) in [5.74, 6) is -0.0154. The first-order valence-electron chi connectivity index (χ1n) is 7.46. The third-order valence-electron chi connectivity index (χ3n) is 3.97. The lowest BCUT2D eigenvalue weighted by atomic mass is 10.1. The Kier molecular flexibility index (Phi) is 6.17. The van der Waals surface area contributed by atoms with Crippen LogP contribution in [0.3, 0.4) is 0 Å². The number of aromatic hydroxyl groups is 1. The van der Waals surface area contributed by atoms with Gasteiger partial charge in [0.25, 0.3) is 0 Å². The molecule has 2 heterocycles. The number of phenols is 1. The van der Waals surface area contributed by atoms with Crippen LogP contribution in [0.2, 0.25) is 0 Å². The van der Waals surface area contributed by atoms with Gasteiger partial charge in [-0.05, 0) is 25.0 Å². The van der Waals surface area contributed by atoms with Gasteiger partial charge in [0.05, 0.1) is 28.2 Å². The molecule has 1 aliphatic heterocycles. The molecule has 6 nitrogen and oxygen atoms in total. The largest absolute Gasteiger partial charge is 0.508 e. The highest BCUT2D eigenvalue weighted by atomic mass is 35.5. The van der Waals surface area contributed by atoms with Crippen LogP contribution in [0.1, 0.15) is 17.7 Å². The van der Waals surface area contributed by atoms with E-state index in [9.17, 15) is 15.0 Å². The fourth-order valence-electron chi connectivity index (χ4n) is 2.66. The molecule has 8 heteroatoms. The average molecular weight is 370 g/mol. The molecule has 0 radical (unpaired) electrons. The maximum absolute atomic E-state index is 12.0. The number of carbonyl (C=O) groups is 1. The number of carbonyl (C=O) groups excluding carboxylic acids is 1. The molecule has 2 unspecified atom stereocenters. The third kappa shape index (κ3) is 4.05. The Balaban J connectivity index is 0.00000208. The van der Waals surface area contributed by atoms with E-state index in [4.69, 9.17) is 0 Å². The second kappa shape index (κ2) is 7.94. The highest BCUT2D eigenvalue weighted by molar-refractivity contribution is 7.13. The van der Waals surface area contributed by atoms with Crippen LogP contribution in [0.25, 0.3) is 10.4 Å². The van der Waals surface area contributed by atoms with Crippen LogP contribution >= 0.6 is 23.7 Å². The van der Waals surface area contributed by atoms with Crippen molar-refractivity contribution in [3.8, 4) is 16.2 Å². The van der Waals surface area contributed by atoms with Gasteiger partial charge in [-0.2, -0.15) is 0 Å². The molecule has 1 fully saturated rings. The molecule has 3 rings (SSSR count). The summed E-state index contributed by atoms with van der Waals surface area (Å²) in [7, 11) is 0. The van der Waals surface area contributed by atoms with Gasteiger partial charge < -0.3 is 20.8 Å². The number of amides is 1. The minimum absolute atomic E-state index is 0. The summed E-state index contributed by atoms with van der Waals surface area (Å²) in [5.41, 5.74) is 4.28. The lowest BCUT2D eigenvalue weighted by molar-refractivity contribution is -0.123. The van der Waals surface area contributed by atoms with Crippen LogP contribution in [0.4, 0.5) is 0 Å². The van der Waals surface area contributed by atoms with Crippen molar-refractivity contribution in [2.45, 2.75) is 32.0 Å². The number of nitrogens with zero attached hydrogens (tertiary/aromatic N) is 1. The van der Waals surface area contributed by atoms with Crippen LogP contribution in [-0.2, 0) is 11.3 Å². The lowest BCUT2D eigenvalue weighted by Gasteiger charge is -2.12. The molecule has 2 atom stereocenters. The third-order valence-corrected chi connectivity index (χ3v) is 4.95. The number of benzene rings is 1. The number of aryl methyl sites for hydroxylation is 1. The predicted octanol–water partition coefficient (Wildman–Crippen LogP) is 1.58. The quantitative estimate of drug-likeness (QED) is 0.656. The maximum atomic E-state index is 12.0. The molecule has 0 aliphatic carbocycles. The zero-order valence-corrected chi connectivity index (χ0v) is 14.8. The van der Waals surface area contributed by atoms with Gasteiger partial charge >= 0.3 is 0 Å². The highest BCUT2D eigenvalue weighted by Gasteiger charge is 2.27. The van der Waals surface area contributed by atoms with Crippen LogP contribution in [0.15, 0.2) is 23.7 Å². The number of β-amino-alcohol motifs (C(OH)–C–C–N with tert-alkyl or cyclic N) is 1. The highest BCUT2D eigenvalue weighted by Crippen LogP contribution is 2.31. The van der Waals surface area contributed by atoms with Gasteiger partial charge in [0.2, 0.25) is 5.91 Å². The monoisotopic (exact) mass is 369 g/mol. The molecule has 0 bridgehead atoms. The zero-order chi connectivity index (χ0) is 16.4. The number of hydrogen-bond donors (Lipinski definition) is 4. The van der Waals surface area contributed by atoms with Crippen molar-refractivity contribution in [1.29, 1.82) is 0 Å². The van der Waals surface area contributed by atoms with E-state index in [1.54, 1.807) is 17.6 Å². The molecular formula is C16H20ClN3O3S. The molecule has 1 saturated heterocycles. The van der Waals surface area contributed by atoms with Gasteiger partial charge in [-0.25, -0.2) is 4.98 Å². The standard InChI is InChI=1S/C16H19N3O3S.ClH/c1-9-15(23-8-19-9)10-2-3-11(14(21)4-10)6-18-16(22)13-5-12(20)7-17-13;/h2-4,8,12-13,17,20-21H,5-7H2,1H3,(H,18,22);1H. The fourth-order valence-corrected chi connectivity index (χ4v) is 3.46. The van der Waals surface area contributed by atoms with Crippen molar-refractivity contribution in [3.63, 3.8) is 0 Å². The van der Waals surface area contributed by atoms with E-state index in [0.717, 1.165) is 16.1 Å². The van der Waals surface area contributed by atoms with E-state index in [1.165, 1.54) is 11.3 Å². The first-order valence-corrected chi connectivity index (χ1v) is 8.34. The van der Waals surface area contributed by atoms with E-state index in [0.29, 0.717) is 18.5 Å². The first kappa shape index (κ1) is 18.7.